The number of ether oxygens (including phenoxy) is 3. The van der Waals surface area contributed by atoms with Crippen molar-refractivity contribution in [3.05, 3.63) is 72.8 Å². The van der Waals surface area contributed by atoms with Crippen molar-refractivity contribution in [2.24, 2.45) is 0 Å². The highest BCUT2D eigenvalue weighted by atomic mass is 16.7. The molecule has 0 spiro atoms. The summed E-state index contributed by atoms with van der Waals surface area (Å²) in [5.74, 6) is 2.43. The van der Waals surface area contributed by atoms with E-state index in [0.717, 1.165) is 11.4 Å². The first-order valence-corrected chi connectivity index (χ1v) is 10.2. The Morgan fingerprint density at radius 1 is 0.906 bits per heavy atom. The molecule has 1 fully saturated rings. The van der Waals surface area contributed by atoms with E-state index in [9.17, 15) is 9.59 Å². The van der Waals surface area contributed by atoms with Crippen LogP contribution in [0.25, 0.3) is 0 Å². The number of urea groups is 1. The summed E-state index contributed by atoms with van der Waals surface area (Å²) in [6.45, 7) is 1.11. The van der Waals surface area contributed by atoms with Crippen molar-refractivity contribution in [2.45, 2.75) is 0 Å². The minimum absolute atomic E-state index is 0.0256. The fourth-order valence-corrected chi connectivity index (χ4v) is 3.63. The van der Waals surface area contributed by atoms with Gasteiger partial charge in [0.1, 0.15) is 18.0 Å². The second kappa shape index (κ2) is 8.50. The van der Waals surface area contributed by atoms with Gasteiger partial charge in [0, 0.05) is 30.5 Å². The summed E-state index contributed by atoms with van der Waals surface area (Å²) in [5.41, 5.74) is 1.35. The number of rotatable bonds is 6. The third-order valence-corrected chi connectivity index (χ3v) is 5.21. The fourth-order valence-electron chi connectivity index (χ4n) is 3.63. The highest BCUT2D eigenvalue weighted by molar-refractivity contribution is 5.99. The third-order valence-electron chi connectivity index (χ3n) is 5.21. The van der Waals surface area contributed by atoms with Crippen molar-refractivity contribution in [3.63, 3.8) is 0 Å². The molecule has 0 bridgehead atoms. The Bertz CT molecular complexity index is 1130. The van der Waals surface area contributed by atoms with Crippen LogP contribution in [0.1, 0.15) is 0 Å². The number of para-hydroxylation sites is 1. The number of benzene rings is 3. The maximum absolute atomic E-state index is 12.8. The van der Waals surface area contributed by atoms with Gasteiger partial charge in [-0.2, -0.15) is 0 Å². The van der Waals surface area contributed by atoms with Crippen LogP contribution in [-0.2, 0) is 4.79 Å². The number of nitrogens with one attached hydrogen (secondary N) is 1. The molecule has 32 heavy (non-hydrogen) atoms. The van der Waals surface area contributed by atoms with E-state index < -0.39 is 0 Å². The molecule has 8 heteroatoms. The van der Waals surface area contributed by atoms with Crippen molar-refractivity contribution in [3.8, 4) is 23.0 Å². The molecule has 0 saturated carbocycles. The number of nitrogens with zero attached hydrogens (tertiary/aromatic N) is 2. The van der Waals surface area contributed by atoms with Crippen LogP contribution in [-0.4, -0.2) is 43.3 Å². The normalized spacial score (nSPS) is 14.6. The van der Waals surface area contributed by atoms with E-state index in [4.69, 9.17) is 14.2 Å². The summed E-state index contributed by atoms with van der Waals surface area (Å²) in [7, 11) is 0. The summed E-state index contributed by atoms with van der Waals surface area (Å²) in [6.07, 6.45) is 0. The quantitative estimate of drug-likeness (QED) is 0.636. The number of hydrogen-bond donors (Lipinski definition) is 1. The lowest BCUT2D eigenvalue weighted by Gasteiger charge is -2.18. The molecular weight excluding hydrogens is 410 g/mol. The van der Waals surface area contributed by atoms with Gasteiger partial charge in [0.05, 0.1) is 0 Å². The Morgan fingerprint density at radius 2 is 1.66 bits per heavy atom. The van der Waals surface area contributed by atoms with Gasteiger partial charge in [-0.1, -0.05) is 18.2 Å². The largest absolute Gasteiger partial charge is 0.457 e. The van der Waals surface area contributed by atoms with Gasteiger partial charge in [-0.15, -0.1) is 0 Å². The maximum Gasteiger partial charge on any atom is 0.325 e. The predicted molar refractivity (Wildman–Crippen MR) is 118 cm³/mol. The first-order chi connectivity index (χ1) is 15.7. The zero-order chi connectivity index (χ0) is 21.9. The van der Waals surface area contributed by atoms with Crippen LogP contribution in [0.3, 0.4) is 0 Å². The van der Waals surface area contributed by atoms with Gasteiger partial charge in [-0.05, 0) is 48.5 Å². The summed E-state index contributed by atoms with van der Waals surface area (Å²) in [6, 6.07) is 21.7. The zero-order valence-electron chi connectivity index (χ0n) is 17.2. The van der Waals surface area contributed by atoms with Gasteiger partial charge in [0.2, 0.25) is 12.7 Å². The van der Waals surface area contributed by atoms with Gasteiger partial charge in [-0.25, -0.2) is 4.79 Å². The van der Waals surface area contributed by atoms with E-state index in [1.807, 2.05) is 36.4 Å². The molecule has 2 heterocycles. The second-order valence-electron chi connectivity index (χ2n) is 7.38. The van der Waals surface area contributed by atoms with E-state index in [1.54, 1.807) is 41.3 Å². The van der Waals surface area contributed by atoms with Gasteiger partial charge in [0.25, 0.3) is 0 Å². The molecule has 0 radical (unpaired) electrons. The van der Waals surface area contributed by atoms with Crippen LogP contribution < -0.4 is 24.4 Å². The van der Waals surface area contributed by atoms with E-state index in [0.29, 0.717) is 36.0 Å². The Morgan fingerprint density at radius 3 is 2.47 bits per heavy atom. The second-order valence-corrected chi connectivity index (χ2v) is 7.38. The van der Waals surface area contributed by atoms with Gasteiger partial charge in [0.15, 0.2) is 11.5 Å². The van der Waals surface area contributed by atoms with Crippen LogP contribution in [0.4, 0.5) is 16.2 Å². The third kappa shape index (κ3) is 4.15. The fraction of sp³-hybridized carbons (Fsp3) is 0.167. The molecule has 0 aliphatic carbocycles. The van der Waals surface area contributed by atoms with Gasteiger partial charge < -0.3 is 24.4 Å². The number of carbonyl (C=O) groups is 2. The van der Waals surface area contributed by atoms with Crippen molar-refractivity contribution in [2.75, 3.05) is 36.6 Å². The lowest BCUT2D eigenvalue weighted by Crippen LogP contribution is -2.37. The average Bonchev–Trinajstić information content (AvgIpc) is 3.42. The Labute approximate surface area is 184 Å². The molecule has 2 aliphatic rings. The number of fused-ring (bicyclic) bond motifs is 1. The number of carbonyl (C=O) groups excluding carboxylic acids is 2. The minimum Gasteiger partial charge on any atom is -0.457 e. The Hall–Kier alpha value is -4.20. The maximum atomic E-state index is 12.8. The first-order valence-electron chi connectivity index (χ1n) is 10.2. The molecule has 0 aromatic heterocycles. The summed E-state index contributed by atoms with van der Waals surface area (Å²) >= 11 is 0. The lowest BCUT2D eigenvalue weighted by molar-refractivity contribution is -0.116. The Kier molecular flexibility index (Phi) is 5.25. The smallest absolute Gasteiger partial charge is 0.325 e. The molecule has 3 aromatic carbocycles. The van der Waals surface area contributed by atoms with Crippen LogP contribution in [0.2, 0.25) is 0 Å². The molecule has 0 atom stereocenters. The molecule has 3 aromatic rings. The monoisotopic (exact) mass is 431 g/mol. The molecule has 5 rings (SSSR count). The number of hydrogen-bond acceptors (Lipinski definition) is 5. The summed E-state index contributed by atoms with van der Waals surface area (Å²) in [4.78, 5) is 28.4. The van der Waals surface area contributed by atoms with E-state index in [1.165, 1.54) is 4.90 Å². The lowest BCUT2D eigenvalue weighted by atomic mass is 10.2. The molecule has 162 valence electrons. The van der Waals surface area contributed by atoms with Crippen LogP contribution in [0.15, 0.2) is 72.8 Å². The SMILES string of the molecule is O=C(CN1CCN(c2ccc3c(c2)OCO3)C1=O)Nc1ccc(Oc2ccccc2)cc1. The average molecular weight is 431 g/mol. The van der Waals surface area contributed by atoms with E-state index >= 15 is 0 Å². The summed E-state index contributed by atoms with van der Waals surface area (Å²) in [5, 5.41) is 2.83. The van der Waals surface area contributed by atoms with Crippen molar-refractivity contribution in [1.29, 1.82) is 0 Å². The van der Waals surface area contributed by atoms with Gasteiger partial charge >= 0.3 is 6.03 Å². The standard InChI is InChI=1S/C24H21N3O5/c28-23(25-17-6-9-20(10-7-17)32-19-4-2-1-3-5-19)15-26-12-13-27(24(26)29)18-8-11-21-22(14-18)31-16-30-21/h1-11,14H,12-13,15-16H2,(H,25,28). The molecular formula is C24H21N3O5. The molecule has 8 nitrogen and oxygen atoms in total. The van der Waals surface area contributed by atoms with E-state index in [2.05, 4.69) is 5.32 Å². The van der Waals surface area contributed by atoms with Crippen molar-refractivity contribution >= 4 is 23.3 Å². The number of anilines is 2. The van der Waals surface area contributed by atoms with Crippen molar-refractivity contribution in [1.82, 2.24) is 4.90 Å². The van der Waals surface area contributed by atoms with Crippen molar-refractivity contribution < 1.29 is 23.8 Å². The molecule has 1 N–H and O–H groups in total. The Balaban J connectivity index is 1.16. The highest BCUT2D eigenvalue weighted by Gasteiger charge is 2.31. The molecule has 2 aliphatic heterocycles. The first kappa shape index (κ1) is 19.7. The van der Waals surface area contributed by atoms with Gasteiger partial charge in [-0.3, -0.25) is 9.69 Å². The minimum atomic E-state index is -0.261. The van der Waals surface area contributed by atoms with Crippen LogP contribution in [0, 0.1) is 0 Å². The molecule has 3 amide bonds. The molecule has 1 saturated heterocycles. The van der Waals surface area contributed by atoms with Crippen LogP contribution in [0.5, 0.6) is 23.0 Å². The van der Waals surface area contributed by atoms with E-state index in [-0.39, 0.29) is 25.3 Å². The number of amides is 3. The topological polar surface area (TPSA) is 80.3 Å². The predicted octanol–water partition coefficient (Wildman–Crippen LogP) is 4.09. The zero-order valence-corrected chi connectivity index (χ0v) is 17.2. The highest BCUT2D eigenvalue weighted by Crippen LogP contribution is 2.36. The van der Waals surface area contributed by atoms with Crippen LogP contribution >= 0.6 is 0 Å². The molecule has 0 unspecified atom stereocenters. The summed E-state index contributed by atoms with van der Waals surface area (Å²) < 4.78 is 16.5.